The first-order valence-corrected chi connectivity index (χ1v) is 6.65. The van der Waals surface area contributed by atoms with E-state index < -0.39 is 11.4 Å². The van der Waals surface area contributed by atoms with E-state index >= 15 is 0 Å². The normalized spacial score (nSPS) is 17.0. The molecule has 5 nitrogen and oxygen atoms in total. The lowest BCUT2D eigenvalue weighted by atomic mass is 9.69. The summed E-state index contributed by atoms with van der Waals surface area (Å²) in [7, 11) is 0. The summed E-state index contributed by atoms with van der Waals surface area (Å²) in [5.74, 6) is -1.01. The van der Waals surface area contributed by atoms with Crippen molar-refractivity contribution >= 4 is 11.9 Å². The highest BCUT2D eigenvalue weighted by molar-refractivity contribution is 5.93. The molecule has 1 heterocycles. The largest absolute Gasteiger partial charge is 0.481 e. The molecular formula is C14H20N2O3. The van der Waals surface area contributed by atoms with Crippen LogP contribution in [0.3, 0.4) is 0 Å². The molecule has 1 aliphatic rings. The number of carbonyl (C=O) groups is 2. The summed E-state index contributed by atoms with van der Waals surface area (Å²) in [4.78, 5) is 23.3. The zero-order valence-corrected chi connectivity index (χ0v) is 11.3. The van der Waals surface area contributed by atoms with Gasteiger partial charge in [0.1, 0.15) is 5.69 Å². The lowest BCUT2D eigenvalue weighted by Gasteiger charge is -2.37. The Hall–Kier alpha value is -1.78. The van der Waals surface area contributed by atoms with E-state index in [0.717, 1.165) is 6.42 Å². The highest BCUT2D eigenvalue weighted by Gasteiger charge is 2.44. The van der Waals surface area contributed by atoms with Crippen LogP contribution in [-0.4, -0.2) is 28.1 Å². The van der Waals surface area contributed by atoms with Gasteiger partial charge >= 0.3 is 5.97 Å². The molecule has 0 unspecified atom stereocenters. The fourth-order valence-electron chi connectivity index (χ4n) is 2.45. The third-order valence-corrected chi connectivity index (χ3v) is 3.92. The molecule has 1 aliphatic carbocycles. The number of hydrogen-bond acceptors (Lipinski definition) is 2. The first-order valence-electron chi connectivity index (χ1n) is 6.65. The van der Waals surface area contributed by atoms with E-state index in [-0.39, 0.29) is 18.5 Å². The molecule has 1 amide bonds. The quantitative estimate of drug-likeness (QED) is 0.855. The number of hydrogen-bond donors (Lipinski definition) is 2. The number of nitrogens with zero attached hydrogens (tertiary/aromatic N) is 1. The van der Waals surface area contributed by atoms with Crippen LogP contribution in [0.2, 0.25) is 0 Å². The molecule has 2 N–H and O–H groups in total. The number of aliphatic carboxylic acids is 1. The van der Waals surface area contributed by atoms with Gasteiger partial charge in [-0.15, -0.1) is 0 Å². The summed E-state index contributed by atoms with van der Waals surface area (Å²) >= 11 is 0. The summed E-state index contributed by atoms with van der Waals surface area (Å²) in [5, 5.41) is 12.0. The van der Waals surface area contributed by atoms with Crippen LogP contribution in [0.5, 0.6) is 0 Å². The molecule has 0 aliphatic heterocycles. The van der Waals surface area contributed by atoms with Gasteiger partial charge in [-0.3, -0.25) is 9.59 Å². The van der Waals surface area contributed by atoms with Crippen LogP contribution >= 0.6 is 0 Å². The standard InChI is InChI=1S/C14H20N2O3/c1-10(2)16-8-3-5-11(16)12(17)15-9-14(13(18)19)6-4-7-14/h3,5,8,10H,4,6-7,9H2,1-2H3,(H,15,17)(H,18,19). The van der Waals surface area contributed by atoms with Gasteiger partial charge in [-0.05, 0) is 38.8 Å². The Balaban J connectivity index is 2.02. The lowest BCUT2D eigenvalue weighted by Crippen LogP contribution is -2.47. The second-order valence-corrected chi connectivity index (χ2v) is 5.52. The van der Waals surface area contributed by atoms with Gasteiger partial charge in [0.15, 0.2) is 0 Å². The predicted molar refractivity (Wildman–Crippen MR) is 71.1 cm³/mol. The van der Waals surface area contributed by atoms with E-state index in [2.05, 4.69) is 5.32 Å². The number of nitrogens with one attached hydrogen (secondary N) is 1. The van der Waals surface area contributed by atoms with Crippen molar-refractivity contribution in [3.05, 3.63) is 24.0 Å². The molecule has 2 rings (SSSR count). The maximum absolute atomic E-state index is 12.1. The SMILES string of the molecule is CC(C)n1cccc1C(=O)NCC1(C(=O)O)CCC1. The topological polar surface area (TPSA) is 71.3 Å². The molecule has 19 heavy (non-hydrogen) atoms. The van der Waals surface area contributed by atoms with Gasteiger partial charge in [-0.1, -0.05) is 6.42 Å². The van der Waals surface area contributed by atoms with Crippen molar-refractivity contribution < 1.29 is 14.7 Å². The van der Waals surface area contributed by atoms with Crippen molar-refractivity contribution in [2.45, 2.75) is 39.2 Å². The van der Waals surface area contributed by atoms with Crippen LogP contribution in [0.15, 0.2) is 18.3 Å². The first-order chi connectivity index (χ1) is 8.96. The van der Waals surface area contributed by atoms with E-state index in [4.69, 9.17) is 0 Å². The molecule has 0 aromatic carbocycles. The van der Waals surface area contributed by atoms with Gasteiger partial charge in [0.05, 0.1) is 5.41 Å². The minimum Gasteiger partial charge on any atom is -0.481 e. The van der Waals surface area contributed by atoms with Gasteiger partial charge in [0.25, 0.3) is 5.91 Å². The van der Waals surface area contributed by atoms with Crippen LogP contribution in [0.25, 0.3) is 0 Å². The Kier molecular flexibility index (Phi) is 3.64. The molecule has 1 saturated carbocycles. The molecule has 0 saturated heterocycles. The second-order valence-electron chi connectivity index (χ2n) is 5.52. The number of rotatable bonds is 5. The minimum atomic E-state index is -0.807. The number of carboxylic acid groups (broad SMARTS) is 1. The Morgan fingerprint density at radius 1 is 1.47 bits per heavy atom. The summed E-state index contributed by atoms with van der Waals surface area (Å²) in [5.41, 5.74) is -0.167. The van der Waals surface area contributed by atoms with Crippen molar-refractivity contribution in [2.24, 2.45) is 5.41 Å². The van der Waals surface area contributed by atoms with E-state index in [1.807, 2.05) is 30.7 Å². The van der Waals surface area contributed by atoms with Crippen molar-refractivity contribution in [2.75, 3.05) is 6.54 Å². The summed E-state index contributed by atoms with van der Waals surface area (Å²) < 4.78 is 1.88. The zero-order chi connectivity index (χ0) is 14.0. The Bertz CT molecular complexity index is 487. The summed E-state index contributed by atoms with van der Waals surface area (Å²) in [6.07, 6.45) is 4.07. The van der Waals surface area contributed by atoms with Crippen molar-refractivity contribution in [1.82, 2.24) is 9.88 Å². The van der Waals surface area contributed by atoms with Crippen LogP contribution in [-0.2, 0) is 4.79 Å². The zero-order valence-electron chi connectivity index (χ0n) is 11.3. The van der Waals surface area contributed by atoms with E-state index in [0.29, 0.717) is 18.5 Å². The summed E-state index contributed by atoms with van der Waals surface area (Å²) in [6, 6.07) is 3.78. The van der Waals surface area contributed by atoms with Crippen LogP contribution in [0.1, 0.15) is 49.6 Å². The van der Waals surface area contributed by atoms with E-state index in [9.17, 15) is 14.7 Å². The van der Waals surface area contributed by atoms with Gasteiger partial charge < -0.3 is 15.0 Å². The Morgan fingerprint density at radius 3 is 2.63 bits per heavy atom. The first kappa shape index (κ1) is 13.6. The van der Waals surface area contributed by atoms with E-state index in [1.165, 1.54) is 0 Å². The fourth-order valence-corrected chi connectivity index (χ4v) is 2.45. The van der Waals surface area contributed by atoms with Crippen LogP contribution in [0, 0.1) is 5.41 Å². The number of carboxylic acids is 1. The highest BCUT2D eigenvalue weighted by Crippen LogP contribution is 2.40. The molecule has 1 fully saturated rings. The molecule has 0 spiro atoms. The monoisotopic (exact) mass is 264 g/mol. The van der Waals surface area contributed by atoms with Crippen LogP contribution in [0.4, 0.5) is 0 Å². The lowest BCUT2D eigenvalue weighted by molar-refractivity contribution is -0.153. The predicted octanol–water partition coefficient (Wildman–Crippen LogP) is 2.05. The van der Waals surface area contributed by atoms with E-state index in [1.54, 1.807) is 6.07 Å². The number of amides is 1. The van der Waals surface area contributed by atoms with Gasteiger partial charge in [-0.25, -0.2) is 0 Å². The third-order valence-electron chi connectivity index (χ3n) is 3.92. The second kappa shape index (κ2) is 5.07. The average Bonchev–Trinajstić information content (AvgIpc) is 2.75. The highest BCUT2D eigenvalue weighted by atomic mass is 16.4. The number of aromatic nitrogens is 1. The fraction of sp³-hybridized carbons (Fsp3) is 0.571. The minimum absolute atomic E-state index is 0.202. The molecule has 104 valence electrons. The Labute approximate surface area is 112 Å². The summed E-state index contributed by atoms with van der Waals surface area (Å²) in [6.45, 7) is 4.22. The molecule has 0 radical (unpaired) electrons. The third kappa shape index (κ3) is 2.50. The average molecular weight is 264 g/mol. The van der Waals surface area contributed by atoms with Gasteiger partial charge in [-0.2, -0.15) is 0 Å². The Morgan fingerprint density at radius 2 is 2.16 bits per heavy atom. The molecule has 1 aromatic rings. The molecule has 1 aromatic heterocycles. The van der Waals surface area contributed by atoms with Gasteiger partial charge in [0, 0.05) is 18.8 Å². The number of carbonyl (C=O) groups excluding carboxylic acids is 1. The maximum atomic E-state index is 12.1. The molecule has 0 atom stereocenters. The molecule has 5 heteroatoms. The smallest absolute Gasteiger partial charge is 0.311 e. The van der Waals surface area contributed by atoms with Crippen molar-refractivity contribution in [3.63, 3.8) is 0 Å². The molecular weight excluding hydrogens is 244 g/mol. The maximum Gasteiger partial charge on any atom is 0.311 e. The van der Waals surface area contributed by atoms with Crippen molar-refractivity contribution in [3.8, 4) is 0 Å². The van der Waals surface area contributed by atoms with Gasteiger partial charge in [0.2, 0.25) is 0 Å². The molecule has 0 bridgehead atoms. The van der Waals surface area contributed by atoms with Crippen LogP contribution < -0.4 is 5.32 Å². The van der Waals surface area contributed by atoms with Crippen molar-refractivity contribution in [1.29, 1.82) is 0 Å².